The van der Waals surface area contributed by atoms with Crippen molar-refractivity contribution in [2.24, 2.45) is 0 Å². The van der Waals surface area contributed by atoms with E-state index in [1.165, 1.54) is 49.5 Å². The van der Waals surface area contributed by atoms with Crippen LogP contribution in [-0.2, 0) is 0 Å². The van der Waals surface area contributed by atoms with Gasteiger partial charge in [-0.05, 0) is 44.1 Å². The zero-order valence-corrected chi connectivity index (χ0v) is 10.7. The third-order valence-corrected chi connectivity index (χ3v) is 5.98. The van der Waals surface area contributed by atoms with Crippen molar-refractivity contribution in [2.75, 3.05) is 23.8 Å². The number of hydrogen-bond acceptors (Lipinski definition) is 3. The average molecular weight is 231 g/mol. The topological polar surface area (TPSA) is 12.0 Å². The molecule has 2 saturated heterocycles. The molecule has 82 valence electrons. The van der Waals surface area contributed by atoms with Crippen LogP contribution in [0.15, 0.2) is 0 Å². The van der Waals surface area contributed by atoms with Crippen LogP contribution in [0.1, 0.15) is 32.6 Å². The average Bonchev–Trinajstić information content (AvgIpc) is 2.65. The Kier molecular flexibility index (Phi) is 4.09. The molecule has 2 unspecified atom stereocenters. The van der Waals surface area contributed by atoms with Crippen LogP contribution in [0.25, 0.3) is 0 Å². The van der Waals surface area contributed by atoms with Crippen LogP contribution >= 0.6 is 23.5 Å². The van der Waals surface area contributed by atoms with Crippen molar-refractivity contribution in [1.82, 2.24) is 5.32 Å². The van der Waals surface area contributed by atoms with E-state index in [4.69, 9.17) is 0 Å². The van der Waals surface area contributed by atoms with Crippen LogP contribution in [0.4, 0.5) is 0 Å². The van der Waals surface area contributed by atoms with Crippen molar-refractivity contribution in [3.63, 3.8) is 0 Å². The molecule has 0 aromatic rings. The molecule has 2 heterocycles. The highest BCUT2D eigenvalue weighted by Crippen LogP contribution is 2.37. The minimum absolute atomic E-state index is 0.544. The Morgan fingerprint density at radius 2 is 2.29 bits per heavy atom. The Morgan fingerprint density at radius 1 is 1.36 bits per heavy atom. The van der Waals surface area contributed by atoms with Gasteiger partial charge in [-0.2, -0.15) is 23.5 Å². The molecule has 0 radical (unpaired) electrons. The number of thioether (sulfide) groups is 2. The fourth-order valence-corrected chi connectivity index (χ4v) is 4.60. The van der Waals surface area contributed by atoms with Crippen molar-refractivity contribution in [3.05, 3.63) is 0 Å². The van der Waals surface area contributed by atoms with Gasteiger partial charge in [0.2, 0.25) is 0 Å². The maximum Gasteiger partial charge on any atom is 0.0256 e. The van der Waals surface area contributed by atoms with Gasteiger partial charge in [-0.3, -0.25) is 0 Å². The summed E-state index contributed by atoms with van der Waals surface area (Å²) in [5.41, 5.74) is 0. The molecule has 14 heavy (non-hydrogen) atoms. The highest BCUT2D eigenvalue weighted by atomic mass is 32.2. The van der Waals surface area contributed by atoms with Gasteiger partial charge in [0.05, 0.1) is 0 Å². The van der Waals surface area contributed by atoms with E-state index in [1.54, 1.807) is 0 Å². The third kappa shape index (κ3) is 3.07. The standard InChI is InChI=1S/C11H21NS2/c1-11(5-3-7-14-11)9-12-10-4-2-6-13-8-10/h10,12H,2-9H2,1H3. The molecule has 0 aliphatic carbocycles. The molecule has 2 rings (SSSR count). The Bertz CT molecular complexity index is 172. The highest BCUT2D eigenvalue weighted by Gasteiger charge is 2.29. The molecular weight excluding hydrogens is 210 g/mol. The first-order valence-electron chi connectivity index (χ1n) is 5.74. The van der Waals surface area contributed by atoms with E-state index in [1.807, 2.05) is 0 Å². The number of rotatable bonds is 3. The molecule has 2 atom stereocenters. The molecular formula is C11H21NS2. The monoisotopic (exact) mass is 231 g/mol. The fourth-order valence-electron chi connectivity index (χ4n) is 2.24. The quantitative estimate of drug-likeness (QED) is 0.802. The molecule has 0 aromatic heterocycles. The minimum atomic E-state index is 0.544. The third-order valence-electron chi connectivity index (χ3n) is 3.23. The summed E-state index contributed by atoms with van der Waals surface area (Å²) in [5.74, 6) is 4.09. The molecule has 1 N–H and O–H groups in total. The van der Waals surface area contributed by atoms with Gasteiger partial charge in [0, 0.05) is 23.1 Å². The van der Waals surface area contributed by atoms with Gasteiger partial charge in [0.15, 0.2) is 0 Å². The molecule has 0 amide bonds. The van der Waals surface area contributed by atoms with E-state index in [0.29, 0.717) is 4.75 Å². The summed E-state index contributed by atoms with van der Waals surface area (Å²) in [6.45, 7) is 3.65. The van der Waals surface area contributed by atoms with Crippen LogP contribution in [-0.4, -0.2) is 34.6 Å². The van der Waals surface area contributed by atoms with Crippen LogP contribution in [0, 0.1) is 0 Å². The maximum atomic E-state index is 3.76. The molecule has 0 saturated carbocycles. The first kappa shape index (κ1) is 11.2. The van der Waals surface area contributed by atoms with Crippen molar-refractivity contribution in [2.45, 2.75) is 43.4 Å². The lowest BCUT2D eigenvalue weighted by Gasteiger charge is -2.29. The van der Waals surface area contributed by atoms with Crippen LogP contribution < -0.4 is 5.32 Å². The Balaban J connectivity index is 1.70. The van der Waals surface area contributed by atoms with Gasteiger partial charge >= 0.3 is 0 Å². The smallest absolute Gasteiger partial charge is 0.0256 e. The number of nitrogens with one attached hydrogen (secondary N) is 1. The summed E-state index contributed by atoms with van der Waals surface area (Å²) >= 11 is 4.28. The van der Waals surface area contributed by atoms with Gasteiger partial charge in [0.1, 0.15) is 0 Å². The molecule has 3 heteroatoms. The molecule has 0 aromatic carbocycles. The summed E-state index contributed by atoms with van der Waals surface area (Å²) in [7, 11) is 0. The summed E-state index contributed by atoms with van der Waals surface area (Å²) in [5, 5.41) is 3.76. The summed E-state index contributed by atoms with van der Waals surface area (Å²) < 4.78 is 0.544. The van der Waals surface area contributed by atoms with E-state index in [-0.39, 0.29) is 0 Å². The van der Waals surface area contributed by atoms with E-state index in [9.17, 15) is 0 Å². The molecule has 2 fully saturated rings. The van der Waals surface area contributed by atoms with Gasteiger partial charge in [-0.15, -0.1) is 0 Å². The molecule has 2 aliphatic heterocycles. The zero-order valence-electron chi connectivity index (χ0n) is 9.05. The lowest BCUT2D eigenvalue weighted by atomic mass is 10.0. The SMILES string of the molecule is CC1(CNC2CCCSC2)CCCS1. The molecule has 2 aliphatic rings. The lowest BCUT2D eigenvalue weighted by Crippen LogP contribution is -2.41. The molecule has 0 bridgehead atoms. The lowest BCUT2D eigenvalue weighted by molar-refractivity contribution is 0.458. The summed E-state index contributed by atoms with van der Waals surface area (Å²) in [4.78, 5) is 0. The van der Waals surface area contributed by atoms with E-state index >= 15 is 0 Å². The van der Waals surface area contributed by atoms with E-state index in [0.717, 1.165) is 6.04 Å². The van der Waals surface area contributed by atoms with Crippen molar-refractivity contribution >= 4 is 23.5 Å². The largest absolute Gasteiger partial charge is 0.312 e. The first-order chi connectivity index (χ1) is 6.79. The second kappa shape index (κ2) is 5.13. The zero-order chi connectivity index (χ0) is 9.86. The van der Waals surface area contributed by atoms with E-state index < -0.39 is 0 Å². The Hall–Kier alpha value is 0.660. The fraction of sp³-hybridized carbons (Fsp3) is 1.00. The molecule has 1 nitrogen and oxygen atoms in total. The van der Waals surface area contributed by atoms with Crippen molar-refractivity contribution in [1.29, 1.82) is 0 Å². The van der Waals surface area contributed by atoms with Gasteiger partial charge in [-0.1, -0.05) is 0 Å². The second-order valence-electron chi connectivity index (χ2n) is 4.70. The minimum Gasteiger partial charge on any atom is -0.312 e. The van der Waals surface area contributed by atoms with Crippen LogP contribution in [0.3, 0.4) is 0 Å². The van der Waals surface area contributed by atoms with Crippen molar-refractivity contribution in [3.8, 4) is 0 Å². The molecule has 0 spiro atoms. The predicted octanol–water partition coefficient (Wildman–Crippen LogP) is 2.76. The maximum absolute atomic E-state index is 3.76. The predicted molar refractivity (Wildman–Crippen MR) is 68.4 cm³/mol. The van der Waals surface area contributed by atoms with Gasteiger partial charge < -0.3 is 5.32 Å². The second-order valence-corrected chi connectivity index (χ2v) is 7.53. The van der Waals surface area contributed by atoms with Crippen LogP contribution in [0.5, 0.6) is 0 Å². The van der Waals surface area contributed by atoms with Crippen LogP contribution in [0.2, 0.25) is 0 Å². The van der Waals surface area contributed by atoms with E-state index in [2.05, 4.69) is 35.8 Å². The normalized spacial score (nSPS) is 38.8. The van der Waals surface area contributed by atoms with Gasteiger partial charge in [0.25, 0.3) is 0 Å². The summed E-state index contributed by atoms with van der Waals surface area (Å²) in [6, 6.07) is 0.798. The number of hydrogen-bond donors (Lipinski definition) is 1. The van der Waals surface area contributed by atoms with Crippen molar-refractivity contribution < 1.29 is 0 Å². The Morgan fingerprint density at radius 3 is 2.93 bits per heavy atom. The first-order valence-corrected chi connectivity index (χ1v) is 7.88. The Labute approximate surface area is 96.2 Å². The van der Waals surface area contributed by atoms with Gasteiger partial charge in [-0.25, -0.2) is 0 Å². The highest BCUT2D eigenvalue weighted by molar-refractivity contribution is 8.00. The summed E-state index contributed by atoms with van der Waals surface area (Å²) in [6.07, 6.45) is 5.63.